The molecule has 1 N–H and O–H groups in total. The first kappa shape index (κ1) is 14.1. The van der Waals surface area contributed by atoms with E-state index in [1.165, 1.54) is 0 Å². The number of hydrogen-bond donors (Lipinski definition) is 1. The van der Waals surface area contributed by atoms with Gasteiger partial charge in [-0.25, -0.2) is 0 Å². The number of rotatable bonds is 4. The molecule has 0 aliphatic carbocycles. The Hall–Kier alpha value is -2.88. The molecule has 0 bridgehead atoms. The van der Waals surface area contributed by atoms with Gasteiger partial charge in [0.1, 0.15) is 11.4 Å². The van der Waals surface area contributed by atoms with Crippen LogP contribution in [0.1, 0.15) is 17.4 Å². The van der Waals surface area contributed by atoms with Crippen molar-refractivity contribution in [3.05, 3.63) is 66.5 Å². The Labute approximate surface area is 128 Å². The van der Waals surface area contributed by atoms with Crippen LogP contribution < -0.4 is 10.1 Å². The van der Waals surface area contributed by atoms with Crippen LogP contribution in [0.15, 0.2) is 60.8 Å². The third kappa shape index (κ3) is 2.76. The number of fused-ring (bicyclic) bond motifs is 1. The maximum absolute atomic E-state index is 12.6. The zero-order valence-corrected chi connectivity index (χ0v) is 12.2. The predicted molar refractivity (Wildman–Crippen MR) is 87.3 cm³/mol. The van der Waals surface area contributed by atoms with Gasteiger partial charge in [0, 0.05) is 11.6 Å². The largest absolute Gasteiger partial charge is 0.492 e. The van der Waals surface area contributed by atoms with Crippen LogP contribution in [0.25, 0.3) is 10.8 Å². The van der Waals surface area contributed by atoms with Crippen LogP contribution in [-0.4, -0.2) is 17.5 Å². The molecule has 110 valence electrons. The highest BCUT2D eigenvalue weighted by Gasteiger charge is 2.13. The number of nitrogens with one attached hydrogen (secondary N) is 1. The molecule has 3 aromatic rings. The van der Waals surface area contributed by atoms with Crippen LogP contribution in [0.4, 0.5) is 5.69 Å². The SMILES string of the molecule is CCOc1ccccc1NC(=O)c1nccc2ccccc12. The number of para-hydroxylation sites is 2. The lowest BCUT2D eigenvalue weighted by Gasteiger charge is -2.11. The molecule has 0 aliphatic heterocycles. The molecule has 0 unspecified atom stereocenters. The fraction of sp³-hybridized carbons (Fsp3) is 0.111. The van der Waals surface area contributed by atoms with E-state index in [1.807, 2.05) is 61.5 Å². The number of hydrogen-bond acceptors (Lipinski definition) is 3. The molecule has 0 spiro atoms. The van der Waals surface area contributed by atoms with Crippen LogP contribution in [0.5, 0.6) is 5.75 Å². The second-order valence-corrected chi connectivity index (χ2v) is 4.76. The Morgan fingerprint density at radius 2 is 1.86 bits per heavy atom. The Kier molecular flexibility index (Phi) is 4.01. The first-order valence-corrected chi connectivity index (χ1v) is 7.16. The highest BCUT2D eigenvalue weighted by molar-refractivity contribution is 6.11. The van der Waals surface area contributed by atoms with E-state index in [0.29, 0.717) is 23.7 Å². The summed E-state index contributed by atoms with van der Waals surface area (Å²) in [7, 11) is 0. The average Bonchev–Trinajstić information content (AvgIpc) is 2.56. The Morgan fingerprint density at radius 3 is 2.73 bits per heavy atom. The molecule has 0 saturated heterocycles. The molecule has 4 nitrogen and oxygen atoms in total. The predicted octanol–water partition coefficient (Wildman–Crippen LogP) is 3.89. The number of ether oxygens (including phenoxy) is 1. The molecule has 1 aromatic heterocycles. The summed E-state index contributed by atoms with van der Waals surface area (Å²) in [6, 6.07) is 17.0. The number of nitrogens with zero attached hydrogens (tertiary/aromatic N) is 1. The number of aromatic nitrogens is 1. The minimum atomic E-state index is -0.246. The number of carbonyl (C=O) groups is 1. The van der Waals surface area contributed by atoms with E-state index < -0.39 is 0 Å². The molecule has 0 aliphatic rings. The number of pyridine rings is 1. The molecule has 2 aromatic carbocycles. The number of carbonyl (C=O) groups excluding carboxylic acids is 1. The molecule has 0 radical (unpaired) electrons. The molecule has 1 amide bonds. The van der Waals surface area contributed by atoms with Crippen molar-refractivity contribution < 1.29 is 9.53 Å². The summed E-state index contributed by atoms with van der Waals surface area (Å²) in [6.07, 6.45) is 1.64. The van der Waals surface area contributed by atoms with Gasteiger partial charge in [-0.1, -0.05) is 36.4 Å². The van der Waals surface area contributed by atoms with Crippen LogP contribution in [-0.2, 0) is 0 Å². The third-order valence-electron chi connectivity index (χ3n) is 3.32. The lowest BCUT2D eigenvalue weighted by molar-refractivity contribution is 0.102. The third-order valence-corrected chi connectivity index (χ3v) is 3.32. The van der Waals surface area contributed by atoms with Crippen molar-refractivity contribution in [3.8, 4) is 5.75 Å². The summed E-state index contributed by atoms with van der Waals surface area (Å²) >= 11 is 0. The summed E-state index contributed by atoms with van der Waals surface area (Å²) in [5, 5.41) is 4.69. The fourth-order valence-electron chi connectivity index (χ4n) is 2.33. The van der Waals surface area contributed by atoms with Crippen LogP contribution in [0, 0.1) is 0 Å². The van der Waals surface area contributed by atoms with Gasteiger partial charge in [0.15, 0.2) is 0 Å². The molecule has 1 heterocycles. The van der Waals surface area contributed by atoms with E-state index in [9.17, 15) is 4.79 Å². The first-order chi connectivity index (χ1) is 10.8. The van der Waals surface area contributed by atoms with Crippen molar-refractivity contribution in [2.24, 2.45) is 0 Å². The molecule has 0 saturated carbocycles. The van der Waals surface area contributed by atoms with Crippen molar-refractivity contribution in [2.75, 3.05) is 11.9 Å². The van der Waals surface area contributed by atoms with E-state index in [1.54, 1.807) is 6.20 Å². The fourth-order valence-corrected chi connectivity index (χ4v) is 2.33. The highest BCUT2D eigenvalue weighted by Crippen LogP contribution is 2.25. The van der Waals surface area contributed by atoms with Crippen molar-refractivity contribution in [3.63, 3.8) is 0 Å². The lowest BCUT2D eigenvalue weighted by Crippen LogP contribution is -2.15. The quantitative estimate of drug-likeness (QED) is 0.793. The van der Waals surface area contributed by atoms with Gasteiger partial charge >= 0.3 is 0 Å². The number of benzene rings is 2. The van der Waals surface area contributed by atoms with Crippen LogP contribution in [0.2, 0.25) is 0 Å². The second kappa shape index (κ2) is 6.26. The summed E-state index contributed by atoms with van der Waals surface area (Å²) in [5.74, 6) is 0.405. The molecule has 3 rings (SSSR count). The molecule has 0 fully saturated rings. The maximum atomic E-state index is 12.6. The molecular formula is C18H16N2O2. The zero-order chi connectivity index (χ0) is 15.4. The van der Waals surface area contributed by atoms with E-state index in [2.05, 4.69) is 10.3 Å². The normalized spacial score (nSPS) is 10.4. The van der Waals surface area contributed by atoms with Gasteiger partial charge in [-0.3, -0.25) is 9.78 Å². The summed E-state index contributed by atoms with van der Waals surface area (Å²) < 4.78 is 5.53. The van der Waals surface area contributed by atoms with Crippen molar-refractivity contribution in [1.82, 2.24) is 4.98 Å². The van der Waals surface area contributed by atoms with Gasteiger partial charge in [0.25, 0.3) is 5.91 Å². The summed E-state index contributed by atoms with van der Waals surface area (Å²) in [5.41, 5.74) is 1.05. The second-order valence-electron chi connectivity index (χ2n) is 4.76. The smallest absolute Gasteiger partial charge is 0.275 e. The van der Waals surface area contributed by atoms with Crippen molar-refractivity contribution in [1.29, 1.82) is 0 Å². The summed E-state index contributed by atoms with van der Waals surface area (Å²) in [4.78, 5) is 16.8. The molecule has 4 heteroatoms. The average molecular weight is 292 g/mol. The van der Waals surface area contributed by atoms with Gasteiger partial charge in [-0.2, -0.15) is 0 Å². The first-order valence-electron chi connectivity index (χ1n) is 7.16. The standard InChI is InChI=1S/C18H16N2O2/c1-2-22-16-10-6-5-9-15(16)20-18(21)17-14-8-4-3-7-13(14)11-12-19-17/h3-12H,2H2,1H3,(H,20,21). The van der Waals surface area contributed by atoms with E-state index in [-0.39, 0.29) is 5.91 Å². The van der Waals surface area contributed by atoms with E-state index in [4.69, 9.17) is 4.74 Å². The topological polar surface area (TPSA) is 51.2 Å². The Bertz CT molecular complexity index is 810. The van der Waals surface area contributed by atoms with Crippen LogP contribution >= 0.6 is 0 Å². The van der Waals surface area contributed by atoms with Crippen LogP contribution in [0.3, 0.4) is 0 Å². The van der Waals surface area contributed by atoms with Gasteiger partial charge in [-0.05, 0) is 30.5 Å². The minimum absolute atomic E-state index is 0.246. The molecular weight excluding hydrogens is 276 g/mol. The number of anilines is 1. The van der Waals surface area contributed by atoms with Crippen molar-refractivity contribution in [2.45, 2.75) is 6.92 Å². The Balaban J connectivity index is 1.94. The zero-order valence-electron chi connectivity index (χ0n) is 12.2. The number of amides is 1. The van der Waals surface area contributed by atoms with Gasteiger partial charge < -0.3 is 10.1 Å². The maximum Gasteiger partial charge on any atom is 0.275 e. The van der Waals surface area contributed by atoms with E-state index >= 15 is 0 Å². The Morgan fingerprint density at radius 1 is 1.09 bits per heavy atom. The monoisotopic (exact) mass is 292 g/mol. The van der Waals surface area contributed by atoms with Gasteiger partial charge in [-0.15, -0.1) is 0 Å². The minimum Gasteiger partial charge on any atom is -0.492 e. The highest BCUT2D eigenvalue weighted by atomic mass is 16.5. The lowest BCUT2D eigenvalue weighted by atomic mass is 10.1. The van der Waals surface area contributed by atoms with Crippen molar-refractivity contribution >= 4 is 22.4 Å². The van der Waals surface area contributed by atoms with E-state index in [0.717, 1.165) is 10.8 Å². The molecule has 0 atom stereocenters. The molecule has 22 heavy (non-hydrogen) atoms. The van der Waals surface area contributed by atoms with Gasteiger partial charge in [0.05, 0.1) is 12.3 Å². The van der Waals surface area contributed by atoms with Gasteiger partial charge in [0.2, 0.25) is 0 Å². The summed E-state index contributed by atoms with van der Waals surface area (Å²) in [6.45, 7) is 2.45.